The van der Waals surface area contributed by atoms with E-state index in [1.165, 1.54) is 6.07 Å². The highest BCUT2D eigenvalue weighted by Crippen LogP contribution is 2.31. The lowest BCUT2D eigenvalue weighted by atomic mass is 10.2. The maximum absolute atomic E-state index is 10.8. The molecule has 0 aromatic heterocycles. The summed E-state index contributed by atoms with van der Waals surface area (Å²) in [6.45, 7) is 1.60. The molecule has 0 radical (unpaired) electrons. The van der Waals surface area contributed by atoms with E-state index in [9.17, 15) is 10.1 Å². The molecule has 0 spiro atoms. The van der Waals surface area contributed by atoms with Gasteiger partial charge in [-0.15, -0.1) is 0 Å². The van der Waals surface area contributed by atoms with Gasteiger partial charge in [-0.3, -0.25) is 10.1 Å². The van der Waals surface area contributed by atoms with Crippen molar-refractivity contribution in [2.45, 2.75) is 12.5 Å². The number of halogens is 1. The number of nitro groups is 1. The standard InChI is InChI=1S/C10H11ClN2O3/c11-7-1-2-10(9(5-7)13(14)15)16-8-3-4-12-6-8/h1-2,5,8,12H,3-4,6H2/t8-/m1/s1. The number of hydrogen-bond donors (Lipinski definition) is 1. The average Bonchev–Trinajstić information content (AvgIpc) is 2.73. The van der Waals surface area contributed by atoms with Crippen LogP contribution in [0, 0.1) is 10.1 Å². The van der Waals surface area contributed by atoms with Crippen LogP contribution in [0.5, 0.6) is 5.75 Å². The maximum Gasteiger partial charge on any atom is 0.312 e. The molecule has 86 valence electrons. The Labute approximate surface area is 97.5 Å². The van der Waals surface area contributed by atoms with Crippen LogP contribution in [0.3, 0.4) is 0 Å². The second kappa shape index (κ2) is 4.67. The molecule has 6 heteroatoms. The number of nitrogens with zero attached hydrogens (tertiary/aromatic N) is 1. The van der Waals surface area contributed by atoms with Gasteiger partial charge >= 0.3 is 5.69 Å². The molecular formula is C10H11ClN2O3. The van der Waals surface area contributed by atoms with Gasteiger partial charge in [0.1, 0.15) is 6.10 Å². The van der Waals surface area contributed by atoms with Crippen LogP contribution in [0.1, 0.15) is 6.42 Å². The zero-order valence-corrected chi connectivity index (χ0v) is 9.24. The molecule has 1 aromatic carbocycles. The third-order valence-corrected chi connectivity index (χ3v) is 2.66. The third kappa shape index (κ3) is 2.43. The zero-order chi connectivity index (χ0) is 11.5. The van der Waals surface area contributed by atoms with E-state index < -0.39 is 4.92 Å². The maximum atomic E-state index is 10.8. The number of nitrogens with one attached hydrogen (secondary N) is 1. The molecule has 0 amide bonds. The van der Waals surface area contributed by atoms with Gasteiger partial charge in [0.15, 0.2) is 5.75 Å². The SMILES string of the molecule is O=[N+]([O-])c1cc(Cl)ccc1O[C@@H]1CCNC1. The van der Waals surface area contributed by atoms with Crippen molar-refractivity contribution in [3.8, 4) is 5.75 Å². The summed E-state index contributed by atoms with van der Waals surface area (Å²) in [4.78, 5) is 10.3. The molecule has 16 heavy (non-hydrogen) atoms. The van der Waals surface area contributed by atoms with Crippen LogP contribution in [0.2, 0.25) is 5.02 Å². The molecule has 0 unspecified atom stereocenters. The number of nitro benzene ring substituents is 1. The second-order valence-electron chi connectivity index (χ2n) is 3.60. The molecule has 2 rings (SSSR count). The molecule has 0 bridgehead atoms. The topological polar surface area (TPSA) is 64.4 Å². The van der Waals surface area contributed by atoms with E-state index >= 15 is 0 Å². The predicted molar refractivity (Wildman–Crippen MR) is 60.0 cm³/mol. The van der Waals surface area contributed by atoms with Gasteiger partial charge in [0.25, 0.3) is 0 Å². The molecule has 1 N–H and O–H groups in total. The van der Waals surface area contributed by atoms with Crippen LogP contribution < -0.4 is 10.1 Å². The van der Waals surface area contributed by atoms with Crippen molar-refractivity contribution in [3.05, 3.63) is 33.3 Å². The number of hydrogen-bond acceptors (Lipinski definition) is 4. The van der Waals surface area contributed by atoms with Gasteiger partial charge in [0.05, 0.1) is 4.92 Å². The highest BCUT2D eigenvalue weighted by Gasteiger charge is 2.21. The molecule has 1 aliphatic rings. The van der Waals surface area contributed by atoms with Crippen LogP contribution in [0.25, 0.3) is 0 Å². The minimum atomic E-state index is -0.483. The summed E-state index contributed by atoms with van der Waals surface area (Å²) in [7, 11) is 0. The van der Waals surface area contributed by atoms with Crippen LogP contribution in [-0.4, -0.2) is 24.1 Å². The number of benzene rings is 1. The monoisotopic (exact) mass is 242 g/mol. The van der Waals surface area contributed by atoms with Crippen molar-refractivity contribution in [3.63, 3.8) is 0 Å². The van der Waals surface area contributed by atoms with E-state index in [2.05, 4.69) is 5.32 Å². The average molecular weight is 243 g/mol. The Balaban J connectivity index is 2.21. The lowest BCUT2D eigenvalue weighted by molar-refractivity contribution is -0.386. The highest BCUT2D eigenvalue weighted by atomic mass is 35.5. The smallest absolute Gasteiger partial charge is 0.312 e. The molecule has 1 atom stereocenters. The summed E-state index contributed by atoms with van der Waals surface area (Å²) in [5.41, 5.74) is -0.0839. The molecule has 1 saturated heterocycles. The molecule has 5 nitrogen and oxygen atoms in total. The molecular weight excluding hydrogens is 232 g/mol. The lowest BCUT2D eigenvalue weighted by Gasteiger charge is -2.12. The summed E-state index contributed by atoms with van der Waals surface area (Å²) < 4.78 is 5.56. The summed E-state index contributed by atoms with van der Waals surface area (Å²) in [5.74, 6) is 0.281. The van der Waals surface area contributed by atoms with Crippen molar-refractivity contribution in [1.82, 2.24) is 5.32 Å². The van der Waals surface area contributed by atoms with Crippen LogP contribution in [0.4, 0.5) is 5.69 Å². The zero-order valence-electron chi connectivity index (χ0n) is 8.48. The first-order valence-electron chi connectivity index (χ1n) is 4.98. The van der Waals surface area contributed by atoms with Crippen molar-refractivity contribution in [2.24, 2.45) is 0 Å². The summed E-state index contributed by atoms with van der Waals surface area (Å²) in [6.07, 6.45) is 0.861. The molecule has 1 aliphatic heterocycles. The Morgan fingerprint density at radius 3 is 3.00 bits per heavy atom. The first kappa shape index (κ1) is 11.2. The van der Waals surface area contributed by atoms with Gasteiger partial charge in [-0.25, -0.2) is 0 Å². The molecule has 0 saturated carbocycles. The first-order chi connectivity index (χ1) is 7.66. The first-order valence-corrected chi connectivity index (χ1v) is 5.36. The molecule has 1 fully saturated rings. The van der Waals surface area contributed by atoms with E-state index in [0.29, 0.717) is 5.02 Å². The van der Waals surface area contributed by atoms with Gasteiger partial charge in [-0.05, 0) is 25.1 Å². The second-order valence-corrected chi connectivity index (χ2v) is 4.04. The third-order valence-electron chi connectivity index (χ3n) is 2.43. The Kier molecular flexibility index (Phi) is 3.26. The fraction of sp³-hybridized carbons (Fsp3) is 0.400. The highest BCUT2D eigenvalue weighted by molar-refractivity contribution is 6.30. The van der Waals surface area contributed by atoms with Crippen molar-refractivity contribution in [2.75, 3.05) is 13.1 Å². The normalized spacial score (nSPS) is 19.7. The van der Waals surface area contributed by atoms with Gasteiger partial charge in [-0.1, -0.05) is 11.6 Å². The lowest BCUT2D eigenvalue weighted by Crippen LogP contribution is -2.20. The van der Waals surface area contributed by atoms with Gasteiger partial charge in [-0.2, -0.15) is 0 Å². The quantitative estimate of drug-likeness (QED) is 0.650. The van der Waals surface area contributed by atoms with Crippen LogP contribution in [0.15, 0.2) is 18.2 Å². The fourth-order valence-electron chi connectivity index (χ4n) is 1.64. The van der Waals surface area contributed by atoms with Crippen molar-refractivity contribution >= 4 is 17.3 Å². The molecule has 1 heterocycles. The van der Waals surface area contributed by atoms with Crippen LogP contribution >= 0.6 is 11.6 Å². The van der Waals surface area contributed by atoms with Crippen molar-refractivity contribution < 1.29 is 9.66 Å². The van der Waals surface area contributed by atoms with E-state index in [4.69, 9.17) is 16.3 Å². The largest absolute Gasteiger partial charge is 0.482 e. The van der Waals surface area contributed by atoms with E-state index in [1.807, 2.05) is 0 Å². The predicted octanol–water partition coefficient (Wildman–Crippen LogP) is 1.99. The van der Waals surface area contributed by atoms with Gasteiger partial charge < -0.3 is 10.1 Å². The Morgan fingerprint density at radius 1 is 1.56 bits per heavy atom. The molecule has 1 aromatic rings. The Bertz CT molecular complexity index is 405. The number of rotatable bonds is 3. The van der Waals surface area contributed by atoms with E-state index in [-0.39, 0.29) is 17.5 Å². The summed E-state index contributed by atoms with van der Waals surface area (Å²) in [5, 5.41) is 14.3. The summed E-state index contributed by atoms with van der Waals surface area (Å²) >= 11 is 5.71. The number of ether oxygens (including phenoxy) is 1. The minimum Gasteiger partial charge on any atom is -0.482 e. The Morgan fingerprint density at radius 2 is 2.38 bits per heavy atom. The minimum absolute atomic E-state index is 0.000115. The van der Waals surface area contributed by atoms with Crippen LogP contribution in [-0.2, 0) is 0 Å². The van der Waals surface area contributed by atoms with Gasteiger partial charge in [0, 0.05) is 17.6 Å². The molecule has 0 aliphatic carbocycles. The Hall–Kier alpha value is -1.33. The van der Waals surface area contributed by atoms with Gasteiger partial charge in [0.2, 0.25) is 0 Å². The van der Waals surface area contributed by atoms with Crippen molar-refractivity contribution in [1.29, 1.82) is 0 Å². The fourth-order valence-corrected chi connectivity index (χ4v) is 1.81. The summed E-state index contributed by atoms with van der Waals surface area (Å²) in [6, 6.07) is 4.43. The van der Waals surface area contributed by atoms with E-state index in [1.54, 1.807) is 12.1 Å². The van der Waals surface area contributed by atoms with E-state index in [0.717, 1.165) is 19.5 Å².